The molecule has 2 aromatic carbocycles. The van der Waals surface area contributed by atoms with Crippen LogP contribution in [0.3, 0.4) is 0 Å². The second kappa shape index (κ2) is 5.00. The first-order chi connectivity index (χ1) is 9.65. The first-order valence-corrected chi connectivity index (χ1v) is 6.94. The summed E-state index contributed by atoms with van der Waals surface area (Å²) in [6.07, 6.45) is 0. The van der Waals surface area contributed by atoms with Gasteiger partial charge in [-0.3, -0.25) is 0 Å². The molecule has 1 heterocycles. The molecule has 3 aromatic rings. The Morgan fingerprint density at radius 1 is 1.10 bits per heavy atom. The van der Waals surface area contributed by atoms with Gasteiger partial charge in [-0.1, -0.05) is 44.2 Å². The van der Waals surface area contributed by atoms with E-state index in [0.717, 1.165) is 29.1 Å². The Bertz CT molecular complexity index is 727. The van der Waals surface area contributed by atoms with Gasteiger partial charge in [-0.15, -0.1) is 0 Å². The fraction of sp³-hybridized carbons (Fsp3) is 0.235. The van der Waals surface area contributed by atoms with E-state index < -0.39 is 0 Å². The molecular weight excluding hydrogens is 246 g/mol. The van der Waals surface area contributed by atoms with Crippen LogP contribution in [-0.2, 0) is 6.54 Å². The zero-order chi connectivity index (χ0) is 14.1. The zero-order valence-corrected chi connectivity index (χ0v) is 11.9. The lowest BCUT2D eigenvalue weighted by Crippen LogP contribution is -2.06. The van der Waals surface area contributed by atoms with Crippen molar-refractivity contribution in [1.29, 1.82) is 0 Å². The highest BCUT2D eigenvalue weighted by Gasteiger charge is 2.13. The van der Waals surface area contributed by atoms with Gasteiger partial charge in [-0.05, 0) is 23.8 Å². The third kappa shape index (κ3) is 2.27. The summed E-state index contributed by atoms with van der Waals surface area (Å²) in [5, 5.41) is 0. The van der Waals surface area contributed by atoms with Gasteiger partial charge in [0.15, 0.2) is 0 Å². The number of rotatable bonds is 3. The minimum absolute atomic E-state index is 0.382. The van der Waals surface area contributed by atoms with Crippen molar-refractivity contribution in [3.8, 4) is 0 Å². The quantitative estimate of drug-likeness (QED) is 0.732. The van der Waals surface area contributed by atoms with E-state index in [1.54, 1.807) is 0 Å². The van der Waals surface area contributed by atoms with Crippen LogP contribution in [0, 0.1) is 0 Å². The van der Waals surface area contributed by atoms with Gasteiger partial charge in [0.2, 0.25) is 0 Å². The number of aromatic nitrogens is 2. The Kier molecular flexibility index (Phi) is 3.18. The molecule has 20 heavy (non-hydrogen) atoms. The predicted molar refractivity (Wildman–Crippen MR) is 83.8 cm³/mol. The van der Waals surface area contributed by atoms with Crippen molar-refractivity contribution in [1.82, 2.24) is 9.55 Å². The Morgan fingerprint density at radius 2 is 1.85 bits per heavy atom. The molecule has 0 saturated heterocycles. The minimum atomic E-state index is 0.382. The molecule has 1 aromatic heterocycles. The number of nitrogens with zero attached hydrogens (tertiary/aromatic N) is 2. The van der Waals surface area contributed by atoms with Gasteiger partial charge in [-0.2, -0.15) is 0 Å². The number of imidazole rings is 1. The molecule has 0 spiro atoms. The van der Waals surface area contributed by atoms with Gasteiger partial charge in [0.25, 0.3) is 0 Å². The van der Waals surface area contributed by atoms with E-state index in [0.29, 0.717) is 5.92 Å². The zero-order valence-electron chi connectivity index (χ0n) is 11.9. The van der Waals surface area contributed by atoms with Crippen molar-refractivity contribution in [2.45, 2.75) is 26.3 Å². The number of anilines is 1. The lowest BCUT2D eigenvalue weighted by Gasteiger charge is -2.11. The highest BCUT2D eigenvalue weighted by Crippen LogP contribution is 2.24. The second-order valence-corrected chi connectivity index (χ2v) is 5.44. The predicted octanol–water partition coefficient (Wildman–Crippen LogP) is 3.79. The standard InChI is InChI=1S/C17H19N3/c1-12(2)17-19-15-10-14(18)8-9-16(15)20(17)11-13-6-4-3-5-7-13/h3-10,12H,11,18H2,1-2H3. The molecule has 3 rings (SSSR count). The molecule has 0 aliphatic rings. The molecule has 0 unspecified atom stereocenters. The number of nitrogens with two attached hydrogens (primary N) is 1. The van der Waals surface area contributed by atoms with Crippen molar-refractivity contribution in [2.75, 3.05) is 5.73 Å². The van der Waals surface area contributed by atoms with Gasteiger partial charge in [-0.25, -0.2) is 4.98 Å². The Morgan fingerprint density at radius 3 is 2.55 bits per heavy atom. The summed E-state index contributed by atoms with van der Waals surface area (Å²) < 4.78 is 2.29. The third-order valence-electron chi connectivity index (χ3n) is 3.50. The SMILES string of the molecule is CC(C)c1nc2cc(N)ccc2n1Cc1ccccc1. The summed E-state index contributed by atoms with van der Waals surface area (Å²) in [6.45, 7) is 5.19. The van der Waals surface area contributed by atoms with Crippen molar-refractivity contribution in [3.05, 3.63) is 59.9 Å². The topological polar surface area (TPSA) is 43.8 Å². The Labute approximate surface area is 119 Å². The van der Waals surface area contributed by atoms with Crippen LogP contribution >= 0.6 is 0 Å². The maximum Gasteiger partial charge on any atom is 0.112 e. The van der Waals surface area contributed by atoms with Crippen LogP contribution in [0.1, 0.15) is 31.2 Å². The Hall–Kier alpha value is -2.29. The highest BCUT2D eigenvalue weighted by molar-refractivity contribution is 5.79. The summed E-state index contributed by atoms with van der Waals surface area (Å²) in [7, 11) is 0. The molecule has 0 radical (unpaired) electrons. The molecule has 0 fully saturated rings. The van der Waals surface area contributed by atoms with E-state index in [1.807, 2.05) is 18.2 Å². The van der Waals surface area contributed by atoms with Gasteiger partial charge < -0.3 is 10.3 Å². The number of benzene rings is 2. The van der Waals surface area contributed by atoms with Crippen LogP contribution in [0.4, 0.5) is 5.69 Å². The summed E-state index contributed by atoms with van der Waals surface area (Å²) in [5.74, 6) is 1.49. The smallest absolute Gasteiger partial charge is 0.112 e. The van der Waals surface area contributed by atoms with Gasteiger partial charge in [0, 0.05) is 18.2 Å². The first kappa shape index (κ1) is 12.7. The van der Waals surface area contributed by atoms with E-state index in [1.165, 1.54) is 5.56 Å². The average Bonchev–Trinajstić information content (AvgIpc) is 2.78. The molecular formula is C17H19N3. The lowest BCUT2D eigenvalue weighted by molar-refractivity contribution is 0.683. The highest BCUT2D eigenvalue weighted by atomic mass is 15.1. The van der Waals surface area contributed by atoms with E-state index in [9.17, 15) is 0 Å². The fourth-order valence-corrected chi connectivity index (χ4v) is 2.54. The first-order valence-electron chi connectivity index (χ1n) is 6.94. The van der Waals surface area contributed by atoms with E-state index in [-0.39, 0.29) is 0 Å². The molecule has 0 bridgehead atoms. The molecule has 3 heteroatoms. The monoisotopic (exact) mass is 265 g/mol. The summed E-state index contributed by atoms with van der Waals surface area (Å²) in [5.41, 5.74) is 10.0. The minimum Gasteiger partial charge on any atom is -0.399 e. The number of fused-ring (bicyclic) bond motifs is 1. The summed E-state index contributed by atoms with van der Waals surface area (Å²) in [6, 6.07) is 16.4. The van der Waals surface area contributed by atoms with Gasteiger partial charge in [0.05, 0.1) is 11.0 Å². The van der Waals surface area contributed by atoms with E-state index in [2.05, 4.69) is 48.7 Å². The largest absolute Gasteiger partial charge is 0.399 e. The van der Waals surface area contributed by atoms with Crippen molar-refractivity contribution in [3.63, 3.8) is 0 Å². The second-order valence-electron chi connectivity index (χ2n) is 5.44. The Balaban J connectivity index is 2.14. The molecule has 2 N–H and O–H groups in total. The number of hydrogen-bond acceptors (Lipinski definition) is 2. The molecule has 0 aliphatic heterocycles. The average molecular weight is 265 g/mol. The fourth-order valence-electron chi connectivity index (χ4n) is 2.54. The molecule has 0 amide bonds. The lowest BCUT2D eigenvalue weighted by atomic mass is 10.2. The van der Waals surface area contributed by atoms with Crippen LogP contribution in [0.5, 0.6) is 0 Å². The third-order valence-corrected chi connectivity index (χ3v) is 3.50. The van der Waals surface area contributed by atoms with Crippen LogP contribution in [0.25, 0.3) is 11.0 Å². The number of nitrogen functional groups attached to an aromatic ring is 1. The summed E-state index contributed by atoms with van der Waals surface area (Å²) >= 11 is 0. The van der Waals surface area contributed by atoms with E-state index in [4.69, 9.17) is 10.7 Å². The van der Waals surface area contributed by atoms with E-state index >= 15 is 0 Å². The number of hydrogen-bond donors (Lipinski definition) is 1. The van der Waals surface area contributed by atoms with Crippen LogP contribution < -0.4 is 5.73 Å². The van der Waals surface area contributed by atoms with Crippen LogP contribution in [-0.4, -0.2) is 9.55 Å². The molecule has 102 valence electrons. The van der Waals surface area contributed by atoms with Crippen LogP contribution in [0.15, 0.2) is 48.5 Å². The van der Waals surface area contributed by atoms with Crippen molar-refractivity contribution >= 4 is 16.7 Å². The normalized spacial score (nSPS) is 11.3. The van der Waals surface area contributed by atoms with Gasteiger partial charge >= 0.3 is 0 Å². The molecule has 0 aliphatic carbocycles. The van der Waals surface area contributed by atoms with Crippen molar-refractivity contribution < 1.29 is 0 Å². The maximum atomic E-state index is 5.86. The van der Waals surface area contributed by atoms with Gasteiger partial charge in [0.1, 0.15) is 5.82 Å². The maximum absolute atomic E-state index is 5.86. The molecule has 0 saturated carbocycles. The molecule has 0 atom stereocenters. The van der Waals surface area contributed by atoms with Crippen molar-refractivity contribution in [2.24, 2.45) is 0 Å². The summed E-state index contributed by atoms with van der Waals surface area (Å²) in [4.78, 5) is 4.75. The van der Waals surface area contributed by atoms with Crippen LogP contribution in [0.2, 0.25) is 0 Å². The molecule has 3 nitrogen and oxygen atoms in total.